The van der Waals surface area contributed by atoms with Gasteiger partial charge in [-0.05, 0) is 24.7 Å². The van der Waals surface area contributed by atoms with E-state index >= 15 is 0 Å². The Morgan fingerprint density at radius 1 is 1.42 bits per heavy atom. The summed E-state index contributed by atoms with van der Waals surface area (Å²) >= 11 is 0. The highest BCUT2D eigenvalue weighted by molar-refractivity contribution is 5.85. The van der Waals surface area contributed by atoms with Crippen LogP contribution in [0.4, 0.5) is 0 Å². The Balaban J connectivity index is 0.00000324. The van der Waals surface area contributed by atoms with Gasteiger partial charge < -0.3 is 10.6 Å². The summed E-state index contributed by atoms with van der Waals surface area (Å²) in [6, 6.07) is 0.220. The second kappa shape index (κ2) is 8.11. The zero-order chi connectivity index (χ0) is 13.8. The molecular formula is C15H31ClN2O. The van der Waals surface area contributed by atoms with Gasteiger partial charge in [-0.25, -0.2) is 0 Å². The van der Waals surface area contributed by atoms with Crippen LogP contribution < -0.4 is 5.73 Å². The fourth-order valence-electron chi connectivity index (χ4n) is 2.77. The van der Waals surface area contributed by atoms with E-state index in [0.717, 1.165) is 38.8 Å². The summed E-state index contributed by atoms with van der Waals surface area (Å²) in [7, 11) is 0. The maximum atomic E-state index is 12.5. The third kappa shape index (κ3) is 4.96. The largest absolute Gasteiger partial charge is 0.342 e. The van der Waals surface area contributed by atoms with Crippen molar-refractivity contribution in [3.05, 3.63) is 0 Å². The molecule has 1 rings (SSSR count). The Labute approximate surface area is 124 Å². The summed E-state index contributed by atoms with van der Waals surface area (Å²) in [5, 5.41) is 0. The van der Waals surface area contributed by atoms with Crippen molar-refractivity contribution < 1.29 is 4.79 Å². The van der Waals surface area contributed by atoms with Crippen molar-refractivity contribution in [3.63, 3.8) is 0 Å². The van der Waals surface area contributed by atoms with Gasteiger partial charge in [0.2, 0.25) is 5.91 Å². The van der Waals surface area contributed by atoms with Crippen LogP contribution in [0.1, 0.15) is 59.8 Å². The topological polar surface area (TPSA) is 46.3 Å². The molecule has 2 N–H and O–H groups in total. The number of halogens is 1. The lowest BCUT2D eigenvalue weighted by Gasteiger charge is -2.43. The monoisotopic (exact) mass is 290 g/mol. The molecule has 1 amide bonds. The minimum absolute atomic E-state index is 0. The standard InChI is InChI=1S/C15H30N2O.ClH/c1-5-7-8-12(6-2)14(18)17-10-9-13(16)15(3,4)11-17;/h12-13H,5-11,16H2,1-4H3;1H. The Morgan fingerprint density at radius 2 is 2.05 bits per heavy atom. The average Bonchev–Trinajstić information content (AvgIpc) is 2.33. The first-order valence-electron chi connectivity index (χ1n) is 7.46. The van der Waals surface area contributed by atoms with E-state index in [0.29, 0.717) is 5.91 Å². The summed E-state index contributed by atoms with van der Waals surface area (Å²) in [6.45, 7) is 10.3. The number of carbonyl (C=O) groups is 1. The summed E-state index contributed by atoms with van der Waals surface area (Å²) in [5.74, 6) is 0.570. The van der Waals surface area contributed by atoms with E-state index in [-0.39, 0.29) is 29.8 Å². The van der Waals surface area contributed by atoms with Crippen molar-refractivity contribution in [2.45, 2.75) is 65.8 Å². The fraction of sp³-hybridized carbons (Fsp3) is 0.933. The van der Waals surface area contributed by atoms with E-state index in [4.69, 9.17) is 5.73 Å². The average molecular weight is 291 g/mol. The molecule has 0 bridgehead atoms. The number of unbranched alkanes of at least 4 members (excludes halogenated alkanes) is 1. The van der Waals surface area contributed by atoms with Crippen LogP contribution in [-0.4, -0.2) is 29.9 Å². The highest BCUT2D eigenvalue weighted by Crippen LogP contribution is 2.29. The minimum Gasteiger partial charge on any atom is -0.342 e. The van der Waals surface area contributed by atoms with Gasteiger partial charge in [-0.1, -0.05) is 40.5 Å². The number of amides is 1. The number of likely N-dealkylation sites (tertiary alicyclic amines) is 1. The third-order valence-corrected chi connectivity index (χ3v) is 4.37. The Morgan fingerprint density at radius 3 is 2.53 bits per heavy atom. The van der Waals surface area contributed by atoms with Crippen molar-refractivity contribution in [3.8, 4) is 0 Å². The van der Waals surface area contributed by atoms with Crippen LogP contribution in [0.2, 0.25) is 0 Å². The number of carbonyl (C=O) groups excluding carboxylic acids is 1. The van der Waals surface area contributed by atoms with Gasteiger partial charge in [0, 0.05) is 25.0 Å². The van der Waals surface area contributed by atoms with Gasteiger partial charge in [0.25, 0.3) is 0 Å². The van der Waals surface area contributed by atoms with E-state index in [1.807, 2.05) is 4.90 Å². The third-order valence-electron chi connectivity index (χ3n) is 4.37. The van der Waals surface area contributed by atoms with E-state index in [1.54, 1.807) is 0 Å². The Kier molecular flexibility index (Phi) is 7.99. The minimum atomic E-state index is 0. The molecule has 114 valence electrons. The maximum absolute atomic E-state index is 12.5. The van der Waals surface area contributed by atoms with Crippen molar-refractivity contribution in [1.29, 1.82) is 0 Å². The van der Waals surface area contributed by atoms with Crippen LogP contribution >= 0.6 is 12.4 Å². The van der Waals surface area contributed by atoms with Gasteiger partial charge in [-0.15, -0.1) is 12.4 Å². The molecule has 4 heteroatoms. The first-order chi connectivity index (χ1) is 8.42. The SMILES string of the molecule is CCCCC(CC)C(=O)N1CCC(N)C(C)(C)C1.Cl. The zero-order valence-electron chi connectivity index (χ0n) is 12.9. The number of rotatable bonds is 5. The van der Waals surface area contributed by atoms with Crippen LogP contribution in [0, 0.1) is 11.3 Å². The number of nitrogens with zero attached hydrogens (tertiary/aromatic N) is 1. The normalized spacial score (nSPS) is 23.6. The van der Waals surface area contributed by atoms with E-state index in [1.165, 1.54) is 6.42 Å². The second-order valence-corrected chi connectivity index (χ2v) is 6.39. The van der Waals surface area contributed by atoms with Gasteiger partial charge in [-0.2, -0.15) is 0 Å². The van der Waals surface area contributed by atoms with Gasteiger partial charge in [-0.3, -0.25) is 4.79 Å². The van der Waals surface area contributed by atoms with E-state index in [2.05, 4.69) is 27.7 Å². The second-order valence-electron chi connectivity index (χ2n) is 6.39. The van der Waals surface area contributed by atoms with E-state index in [9.17, 15) is 4.79 Å². The molecule has 19 heavy (non-hydrogen) atoms. The Bertz CT molecular complexity index is 281. The Hall–Kier alpha value is -0.280. The van der Waals surface area contributed by atoms with Crippen LogP contribution in [0.25, 0.3) is 0 Å². The van der Waals surface area contributed by atoms with Gasteiger partial charge in [0.05, 0.1) is 0 Å². The molecule has 0 radical (unpaired) electrons. The van der Waals surface area contributed by atoms with Gasteiger partial charge in [0.15, 0.2) is 0 Å². The predicted molar refractivity (Wildman–Crippen MR) is 83.5 cm³/mol. The molecule has 0 aromatic rings. The molecule has 2 atom stereocenters. The molecule has 0 aromatic carbocycles. The molecular weight excluding hydrogens is 260 g/mol. The van der Waals surface area contributed by atoms with Gasteiger partial charge >= 0.3 is 0 Å². The molecule has 2 unspecified atom stereocenters. The van der Waals surface area contributed by atoms with Crippen molar-refractivity contribution in [2.24, 2.45) is 17.1 Å². The molecule has 0 saturated carbocycles. The van der Waals surface area contributed by atoms with Crippen LogP contribution in [-0.2, 0) is 4.79 Å². The molecule has 0 spiro atoms. The molecule has 1 heterocycles. The summed E-state index contributed by atoms with van der Waals surface area (Å²) < 4.78 is 0. The van der Waals surface area contributed by atoms with Gasteiger partial charge in [0.1, 0.15) is 0 Å². The highest BCUT2D eigenvalue weighted by atomic mass is 35.5. The first kappa shape index (κ1) is 18.7. The van der Waals surface area contributed by atoms with Crippen LogP contribution in [0.15, 0.2) is 0 Å². The van der Waals surface area contributed by atoms with Crippen LogP contribution in [0.3, 0.4) is 0 Å². The lowest BCUT2D eigenvalue weighted by molar-refractivity contribution is -0.139. The van der Waals surface area contributed by atoms with E-state index < -0.39 is 0 Å². The fourth-order valence-corrected chi connectivity index (χ4v) is 2.77. The molecule has 3 nitrogen and oxygen atoms in total. The number of hydrogen-bond donors (Lipinski definition) is 1. The maximum Gasteiger partial charge on any atom is 0.225 e. The number of piperidine rings is 1. The smallest absolute Gasteiger partial charge is 0.225 e. The van der Waals surface area contributed by atoms with Crippen molar-refractivity contribution in [1.82, 2.24) is 4.90 Å². The molecule has 1 aliphatic rings. The number of nitrogens with two attached hydrogens (primary N) is 1. The highest BCUT2D eigenvalue weighted by Gasteiger charge is 2.36. The summed E-state index contributed by atoms with van der Waals surface area (Å²) in [5.41, 5.74) is 6.18. The lowest BCUT2D eigenvalue weighted by Crippen LogP contribution is -2.55. The molecule has 0 aromatic heterocycles. The first-order valence-corrected chi connectivity index (χ1v) is 7.46. The zero-order valence-corrected chi connectivity index (χ0v) is 13.8. The van der Waals surface area contributed by atoms with Crippen molar-refractivity contribution in [2.75, 3.05) is 13.1 Å². The molecule has 1 fully saturated rings. The summed E-state index contributed by atoms with van der Waals surface area (Å²) in [4.78, 5) is 14.6. The van der Waals surface area contributed by atoms with Crippen LogP contribution in [0.5, 0.6) is 0 Å². The van der Waals surface area contributed by atoms with Crippen molar-refractivity contribution >= 4 is 18.3 Å². The summed E-state index contributed by atoms with van der Waals surface area (Å²) in [6.07, 6.45) is 5.25. The molecule has 1 saturated heterocycles. The molecule has 1 aliphatic heterocycles. The lowest BCUT2D eigenvalue weighted by atomic mass is 9.79. The molecule has 0 aliphatic carbocycles. The number of hydrogen-bond acceptors (Lipinski definition) is 2. The predicted octanol–water partition coefficient (Wildman–Crippen LogP) is 3.21. The quantitative estimate of drug-likeness (QED) is 0.845.